The molecule has 0 atom stereocenters. The zero-order chi connectivity index (χ0) is 24.4. The molecule has 2 heterocycles. The average Bonchev–Trinajstić information content (AvgIpc) is 3.56. The molecule has 3 N–H and O–H groups in total. The van der Waals surface area contributed by atoms with Gasteiger partial charge in [-0.05, 0) is 79.1 Å². The van der Waals surface area contributed by atoms with Crippen LogP contribution in [-0.4, -0.2) is 35.6 Å². The Morgan fingerprint density at radius 3 is 2.63 bits per heavy atom. The number of benzene rings is 2. The highest BCUT2D eigenvalue weighted by Gasteiger charge is 2.30. The number of fused-ring (bicyclic) bond motifs is 1. The van der Waals surface area contributed by atoms with Crippen LogP contribution in [0.25, 0.3) is 0 Å². The molecule has 0 unspecified atom stereocenters. The number of halogens is 1. The minimum absolute atomic E-state index is 0.0353. The van der Waals surface area contributed by atoms with E-state index in [2.05, 4.69) is 5.32 Å². The Morgan fingerprint density at radius 1 is 1.06 bits per heavy atom. The lowest BCUT2D eigenvalue weighted by atomic mass is 9.90. The van der Waals surface area contributed by atoms with Crippen LogP contribution in [0.2, 0.25) is 5.02 Å². The fourth-order valence-corrected chi connectivity index (χ4v) is 5.33. The Kier molecular flexibility index (Phi) is 6.95. The zero-order valence-electron chi connectivity index (χ0n) is 19.0. The fourth-order valence-electron chi connectivity index (χ4n) is 4.53. The molecule has 9 heteroatoms. The molecular weight excluding hydrogens is 486 g/mol. The lowest BCUT2D eigenvalue weighted by Crippen LogP contribution is -2.43. The second-order valence-corrected chi connectivity index (χ2v) is 10.2. The van der Waals surface area contributed by atoms with Crippen molar-refractivity contribution in [2.75, 3.05) is 12.1 Å². The van der Waals surface area contributed by atoms with E-state index >= 15 is 0 Å². The van der Waals surface area contributed by atoms with E-state index in [0.29, 0.717) is 39.2 Å². The number of hydrogen-bond acceptors (Lipinski definition) is 6. The maximum atomic E-state index is 13.7. The lowest BCUT2D eigenvalue weighted by molar-refractivity contribution is 0.0606. The Labute approximate surface area is 212 Å². The van der Waals surface area contributed by atoms with Crippen molar-refractivity contribution in [3.63, 3.8) is 0 Å². The summed E-state index contributed by atoms with van der Waals surface area (Å²) in [5.74, 6) is 0.919. The molecule has 1 saturated carbocycles. The highest BCUT2D eigenvalue weighted by molar-refractivity contribution is 7.12. The van der Waals surface area contributed by atoms with Crippen LogP contribution in [-0.2, 0) is 6.54 Å². The minimum Gasteiger partial charge on any atom is -0.454 e. The number of thiophene rings is 1. The minimum atomic E-state index is -0.178. The van der Waals surface area contributed by atoms with E-state index in [1.54, 1.807) is 36.4 Å². The summed E-state index contributed by atoms with van der Waals surface area (Å²) in [5.41, 5.74) is 8.06. The van der Waals surface area contributed by atoms with Crippen molar-refractivity contribution in [1.82, 2.24) is 4.90 Å². The molecule has 2 amide bonds. The van der Waals surface area contributed by atoms with E-state index < -0.39 is 0 Å². The van der Waals surface area contributed by atoms with Gasteiger partial charge in [0.2, 0.25) is 6.79 Å². The largest absolute Gasteiger partial charge is 0.454 e. The summed E-state index contributed by atoms with van der Waals surface area (Å²) >= 11 is 7.94. The topological polar surface area (TPSA) is 93.9 Å². The molecule has 0 saturated heterocycles. The average molecular weight is 512 g/mol. The van der Waals surface area contributed by atoms with Crippen molar-refractivity contribution in [1.29, 1.82) is 0 Å². The van der Waals surface area contributed by atoms with Crippen molar-refractivity contribution in [3.8, 4) is 11.5 Å². The van der Waals surface area contributed by atoms with E-state index in [1.807, 2.05) is 22.4 Å². The van der Waals surface area contributed by atoms with E-state index in [4.69, 9.17) is 26.8 Å². The fraction of sp³-hybridized carbons (Fsp3) is 0.308. The normalized spacial score (nSPS) is 18.8. The summed E-state index contributed by atoms with van der Waals surface area (Å²) in [6, 6.07) is 14.4. The second kappa shape index (κ2) is 10.3. The summed E-state index contributed by atoms with van der Waals surface area (Å²) in [6.45, 7) is 0.464. The Bertz CT molecular complexity index is 1230. The quantitative estimate of drug-likeness (QED) is 0.468. The highest BCUT2D eigenvalue weighted by atomic mass is 35.5. The second-order valence-electron chi connectivity index (χ2n) is 8.81. The van der Waals surface area contributed by atoms with Gasteiger partial charge in [0, 0.05) is 34.9 Å². The summed E-state index contributed by atoms with van der Waals surface area (Å²) < 4.78 is 10.9. The van der Waals surface area contributed by atoms with Crippen LogP contribution in [0.5, 0.6) is 11.5 Å². The van der Waals surface area contributed by atoms with Gasteiger partial charge in [-0.2, -0.15) is 0 Å². The first-order valence-corrected chi connectivity index (χ1v) is 12.8. The number of rotatable bonds is 6. The Balaban J connectivity index is 1.41. The van der Waals surface area contributed by atoms with Gasteiger partial charge in [-0.3, -0.25) is 9.59 Å². The first kappa shape index (κ1) is 23.7. The van der Waals surface area contributed by atoms with Gasteiger partial charge < -0.3 is 25.4 Å². The van der Waals surface area contributed by atoms with Crippen LogP contribution >= 0.6 is 22.9 Å². The number of nitrogens with two attached hydrogens (primary N) is 1. The third-order valence-electron chi connectivity index (χ3n) is 6.45. The molecule has 1 aliphatic heterocycles. The first-order chi connectivity index (χ1) is 17.0. The number of nitrogens with zero attached hydrogens (tertiary/aromatic N) is 1. The molecule has 5 rings (SSSR count). The summed E-state index contributed by atoms with van der Waals surface area (Å²) in [5, 5.41) is 5.32. The van der Waals surface area contributed by atoms with Crippen molar-refractivity contribution in [2.45, 2.75) is 44.3 Å². The van der Waals surface area contributed by atoms with Crippen molar-refractivity contribution < 1.29 is 19.1 Å². The van der Waals surface area contributed by atoms with E-state index in [-0.39, 0.29) is 30.7 Å². The summed E-state index contributed by atoms with van der Waals surface area (Å²) in [7, 11) is 0. The number of hydrogen-bond donors (Lipinski definition) is 2. The molecule has 35 heavy (non-hydrogen) atoms. The number of carbonyl (C=O) groups excluding carboxylic acids is 2. The maximum Gasteiger partial charge on any atom is 0.265 e. The van der Waals surface area contributed by atoms with Gasteiger partial charge in [-0.1, -0.05) is 17.7 Å². The van der Waals surface area contributed by atoms with E-state index in [9.17, 15) is 9.59 Å². The summed E-state index contributed by atoms with van der Waals surface area (Å²) in [6.07, 6.45) is 3.37. The maximum absolute atomic E-state index is 13.7. The van der Waals surface area contributed by atoms with Crippen molar-refractivity contribution in [3.05, 3.63) is 74.9 Å². The van der Waals surface area contributed by atoms with Gasteiger partial charge in [-0.15, -0.1) is 11.3 Å². The Hall–Kier alpha value is -3.07. The molecule has 0 bridgehead atoms. The van der Waals surface area contributed by atoms with Gasteiger partial charge in [0.15, 0.2) is 11.5 Å². The SMILES string of the molecule is NC1CCC(N(Cc2cc(NC(=O)c3cccs3)ccc2Cl)C(=O)c2ccc3c(c2)OCO3)CC1. The van der Waals surface area contributed by atoms with Gasteiger partial charge in [0.25, 0.3) is 11.8 Å². The monoisotopic (exact) mass is 511 g/mol. The molecule has 2 aliphatic rings. The third-order valence-corrected chi connectivity index (χ3v) is 7.69. The molecule has 182 valence electrons. The molecule has 7 nitrogen and oxygen atoms in total. The van der Waals surface area contributed by atoms with Crippen LogP contribution in [0, 0.1) is 0 Å². The molecule has 1 aliphatic carbocycles. The van der Waals surface area contributed by atoms with Crippen molar-refractivity contribution >= 4 is 40.4 Å². The van der Waals surface area contributed by atoms with Crippen LogP contribution in [0.15, 0.2) is 53.9 Å². The number of ether oxygens (including phenoxy) is 2. The van der Waals surface area contributed by atoms with E-state index in [0.717, 1.165) is 31.2 Å². The number of nitrogens with one attached hydrogen (secondary N) is 1. The molecule has 0 spiro atoms. The standard InChI is InChI=1S/C26H26ClN3O4S/c27-21-9-6-19(29-25(31)24-2-1-11-35-24)12-17(21)14-30(20-7-4-18(28)5-8-20)26(32)16-3-10-22-23(13-16)34-15-33-22/h1-3,6,9-13,18,20H,4-5,7-8,14-15,28H2,(H,29,31). The van der Waals surface area contributed by atoms with Crippen molar-refractivity contribution in [2.24, 2.45) is 5.73 Å². The molecule has 1 fully saturated rings. The van der Waals surface area contributed by atoms with E-state index in [1.165, 1.54) is 11.3 Å². The zero-order valence-corrected chi connectivity index (χ0v) is 20.6. The number of carbonyl (C=O) groups is 2. The van der Waals surface area contributed by atoms with Gasteiger partial charge in [0.05, 0.1) is 4.88 Å². The smallest absolute Gasteiger partial charge is 0.265 e. The predicted molar refractivity (Wildman–Crippen MR) is 136 cm³/mol. The predicted octanol–water partition coefficient (Wildman–Crippen LogP) is 5.29. The first-order valence-electron chi connectivity index (χ1n) is 11.6. The molecule has 1 aromatic heterocycles. The van der Waals surface area contributed by atoms with Gasteiger partial charge in [0.1, 0.15) is 0 Å². The number of anilines is 1. The number of amides is 2. The third kappa shape index (κ3) is 5.29. The molecule has 3 aromatic rings. The van der Waals surface area contributed by atoms with Gasteiger partial charge in [-0.25, -0.2) is 0 Å². The lowest BCUT2D eigenvalue weighted by Gasteiger charge is -2.36. The van der Waals surface area contributed by atoms with Crippen LogP contribution in [0.4, 0.5) is 5.69 Å². The van der Waals surface area contributed by atoms with Crippen LogP contribution < -0.4 is 20.5 Å². The molecular formula is C26H26ClN3O4S. The molecule has 2 aromatic carbocycles. The highest BCUT2D eigenvalue weighted by Crippen LogP contribution is 2.34. The summed E-state index contributed by atoms with van der Waals surface area (Å²) in [4.78, 5) is 28.8. The van der Waals surface area contributed by atoms with Crippen LogP contribution in [0.1, 0.15) is 51.3 Å². The van der Waals surface area contributed by atoms with Crippen LogP contribution in [0.3, 0.4) is 0 Å². The Morgan fingerprint density at radius 2 is 1.86 bits per heavy atom. The van der Waals surface area contributed by atoms with Gasteiger partial charge >= 0.3 is 0 Å². The molecule has 0 radical (unpaired) electrons.